The fourth-order valence-electron chi connectivity index (χ4n) is 2.26. The number of hydrogen-bond acceptors (Lipinski definition) is 3. The van der Waals surface area contributed by atoms with Crippen LogP contribution >= 0.6 is 11.3 Å². The van der Waals surface area contributed by atoms with Crippen LogP contribution < -0.4 is 5.73 Å². The molecule has 2 nitrogen and oxygen atoms in total. The van der Waals surface area contributed by atoms with E-state index >= 15 is 0 Å². The molecule has 0 aliphatic heterocycles. The Balaban J connectivity index is 1.90. The Morgan fingerprint density at radius 3 is 3.07 bits per heavy atom. The van der Waals surface area contributed by atoms with Gasteiger partial charge in [-0.1, -0.05) is 6.42 Å². The maximum absolute atomic E-state index is 12.0. The number of carbonyl (C=O) groups excluding carboxylic acids is 1. The summed E-state index contributed by atoms with van der Waals surface area (Å²) in [7, 11) is 0. The SMILES string of the molecule is NC1CCCC(C(=O)Cc2ccsc2)C1. The van der Waals surface area contributed by atoms with E-state index in [1.54, 1.807) is 11.3 Å². The van der Waals surface area contributed by atoms with Gasteiger partial charge < -0.3 is 5.73 Å². The third-order valence-corrected chi connectivity index (χ3v) is 3.86. The van der Waals surface area contributed by atoms with Gasteiger partial charge in [0.05, 0.1) is 0 Å². The zero-order valence-electron chi connectivity index (χ0n) is 8.82. The van der Waals surface area contributed by atoms with Gasteiger partial charge in [-0.25, -0.2) is 0 Å². The molecule has 1 aromatic rings. The molecule has 1 aromatic heterocycles. The highest BCUT2D eigenvalue weighted by Gasteiger charge is 2.24. The Kier molecular flexibility index (Phi) is 3.54. The predicted octanol–water partition coefficient (Wildman–Crippen LogP) is 2.38. The summed E-state index contributed by atoms with van der Waals surface area (Å²) in [4.78, 5) is 12.0. The number of Topliss-reactive ketones (excluding diaryl/α,β-unsaturated/α-hetero) is 1. The van der Waals surface area contributed by atoms with Crippen molar-refractivity contribution >= 4 is 17.1 Å². The topological polar surface area (TPSA) is 43.1 Å². The van der Waals surface area contributed by atoms with Crippen molar-refractivity contribution in [2.24, 2.45) is 11.7 Å². The zero-order valence-corrected chi connectivity index (χ0v) is 9.63. The maximum Gasteiger partial charge on any atom is 0.140 e. The van der Waals surface area contributed by atoms with Gasteiger partial charge in [-0.2, -0.15) is 11.3 Å². The van der Waals surface area contributed by atoms with Gasteiger partial charge in [0.15, 0.2) is 0 Å². The Morgan fingerprint density at radius 2 is 2.40 bits per heavy atom. The minimum Gasteiger partial charge on any atom is -0.328 e. The summed E-state index contributed by atoms with van der Waals surface area (Å²) >= 11 is 1.65. The molecule has 0 aromatic carbocycles. The molecule has 1 saturated carbocycles. The molecule has 2 unspecified atom stereocenters. The summed E-state index contributed by atoms with van der Waals surface area (Å²) in [5, 5.41) is 4.08. The van der Waals surface area contributed by atoms with E-state index in [4.69, 9.17) is 5.73 Å². The van der Waals surface area contributed by atoms with E-state index in [9.17, 15) is 4.79 Å². The molecular weight excluding hydrogens is 206 g/mol. The molecule has 0 spiro atoms. The van der Waals surface area contributed by atoms with Gasteiger partial charge in [-0.05, 0) is 41.7 Å². The van der Waals surface area contributed by atoms with Crippen molar-refractivity contribution in [3.8, 4) is 0 Å². The molecule has 2 N–H and O–H groups in total. The number of thiophene rings is 1. The normalized spacial score (nSPS) is 26.5. The minimum absolute atomic E-state index is 0.216. The second-order valence-corrected chi connectivity index (χ2v) is 5.18. The smallest absolute Gasteiger partial charge is 0.140 e. The first-order chi connectivity index (χ1) is 7.25. The van der Waals surface area contributed by atoms with Gasteiger partial charge in [0.25, 0.3) is 0 Å². The Bertz CT molecular complexity index is 320. The summed E-state index contributed by atoms with van der Waals surface area (Å²) in [5.74, 6) is 0.595. The zero-order chi connectivity index (χ0) is 10.7. The molecule has 2 atom stereocenters. The van der Waals surface area contributed by atoms with Crippen molar-refractivity contribution in [3.05, 3.63) is 22.4 Å². The van der Waals surface area contributed by atoms with E-state index in [-0.39, 0.29) is 12.0 Å². The standard InChI is InChI=1S/C12H17NOS/c13-11-3-1-2-10(7-11)12(14)6-9-4-5-15-8-9/h4-5,8,10-11H,1-3,6-7,13H2. The van der Waals surface area contributed by atoms with Gasteiger partial charge in [-0.15, -0.1) is 0 Å². The average molecular weight is 223 g/mol. The van der Waals surface area contributed by atoms with Crippen LogP contribution in [0.25, 0.3) is 0 Å². The van der Waals surface area contributed by atoms with Crippen molar-refractivity contribution in [1.29, 1.82) is 0 Å². The van der Waals surface area contributed by atoms with Crippen molar-refractivity contribution < 1.29 is 4.79 Å². The van der Waals surface area contributed by atoms with Crippen LogP contribution in [0.3, 0.4) is 0 Å². The highest BCUT2D eigenvalue weighted by atomic mass is 32.1. The van der Waals surface area contributed by atoms with Crippen LogP contribution in [0.2, 0.25) is 0 Å². The molecule has 0 saturated heterocycles. The molecule has 15 heavy (non-hydrogen) atoms. The Morgan fingerprint density at radius 1 is 1.53 bits per heavy atom. The fourth-order valence-corrected chi connectivity index (χ4v) is 2.93. The highest BCUT2D eigenvalue weighted by molar-refractivity contribution is 7.07. The van der Waals surface area contributed by atoms with Crippen LogP contribution in [0.4, 0.5) is 0 Å². The van der Waals surface area contributed by atoms with E-state index < -0.39 is 0 Å². The van der Waals surface area contributed by atoms with Crippen molar-refractivity contribution in [2.45, 2.75) is 38.1 Å². The lowest BCUT2D eigenvalue weighted by Gasteiger charge is -2.25. The molecule has 0 amide bonds. The van der Waals surface area contributed by atoms with E-state index in [2.05, 4.69) is 5.38 Å². The molecule has 0 radical (unpaired) electrons. The van der Waals surface area contributed by atoms with Crippen molar-refractivity contribution in [2.75, 3.05) is 0 Å². The van der Waals surface area contributed by atoms with Crippen LogP contribution in [0.1, 0.15) is 31.2 Å². The third kappa shape index (κ3) is 2.89. The molecule has 3 heteroatoms. The lowest BCUT2D eigenvalue weighted by Crippen LogP contribution is -2.32. The van der Waals surface area contributed by atoms with E-state index in [1.165, 1.54) is 0 Å². The van der Waals surface area contributed by atoms with Gasteiger partial charge in [-0.3, -0.25) is 4.79 Å². The summed E-state index contributed by atoms with van der Waals surface area (Å²) in [5.41, 5.74) is 7.04. The van der Waals surface area contributed by atoms with Gasteiger partial charge >= 0.3 is 0 Å². The highest BCUT2D eigenvalue weighted by Crippen LogP contribution is 2.25. The number of ketones is 1. The van der Waals surface area contributed by atoms with Crippen LogP contribution in [0.15, 0.2) is 16.8 Å². The van der Waals surface area contributed by atoms with Gasteiger partial charge in [0, 0.05) is 18.4 Å². The third-order valence-electron chi connectivity index (χ3n) is 3.13. The van der Waals surface area contributed by atoms with Crippen molar-refractivity contribution in [1.82, 2.24) is 0 Å². The molecular formula is C12H17NOS. The number of nitrogens with two attached hydrogens (primary N) is 1. The van der Waals surface area contributed by atoms with E-state index in [1.807, 2.05) is 11.4 Å². The van der Waals surface area contributed by atoms with Crippen LogP contribution in [-0.2, 0) is 11.2 Å². The van der Waals surface area contributed by atoms with Crippen LogP contribution in [-0.4, -0.2) is 11.8 Å². The molecule has 2 rings (SSSR count). The van der Waals surface area contributed by atoms with Crippen LogP contribution in [0, 0.1) is 5.92 Å². The molecule has 1 heterocycles. The van der Waals surface area contributed by atoms with Crippen molar-refractivity contribution in [3.63, 3.8) is 0 Å². The first-order valence-corrected chi connectivity index (χ1v) is 6.49. The lowest BCUT2D eigenvalue weighted by atomic mass is 9.82. The second-order valence-electron chi connectivity index (χ2n) is 4.40. The first-order valence-electron chi connectivity index (χ1n) is 5.55. The minimum atomic E-state index is 0.216. The molecule has 1 aliphatic rings. The first kappa shape index (κ1) is 10.8. The number of carbonyl (C=O) groups is 1. The summed E-state index contributed by atoms with van der Waals surface area (Å²) < 4.78 is 0. The fraction of sp³-hybridized carbons (Fsp3) is 0.583. The Hall–Kier alpha value is -0.670. The van der Waals surface area contributed by atoms with Crippen LogP contribution in [0.5, 0.6) is 0 Å². The van der Waals surface area contributed by atoms with Gasteiger partial charge in [0.2, 0.25) is 0 Å². The number of rotatable bonds is 3. The Labute approximate surface area is 94.5 Å². The molecule has 0 bridgehead atoms. The molecule has 1 fully saturated rings. The largest absolute Gasteiger partial charge is 0.328 e. The maximum atomic E-state index is 12.0. The van der Waals surface area contributed by atoms with E-state index in [0.717, 1.165) is 31.2 Å². The van der Waals surface area contributed by atoms with E-state index in [0.29, 0.717) is 12.2 Å². The number of hydrogen-bond donors (Lipinski definition) is 1. The monoisotopic (exact) mass is 223 g/mol. The summed E-state index contributed by atoms with van der Waals surface area (Å²) in [6.07, 6.45) is 4.73. The van der Waals surface area contributed by atoms with Gasteiger partial charge in [0.1, 0.15) is 5.78 Å². The quantitative estimate of drug-likeness (QED) is 0.855. The second kappa shape index (κ2) is 4.90. The summed E-state index contributed by atoms with van der Waals surface area (Å²) in [6.45, 7) is 0. The molecule has 82 valence electrons. The lowest BCUT2D eigenvalue weighted by molar-refractivity contribution is -0.123. The average Bonchev–Trinajstić information content (AvgIpc) is 2.70. The molecule has 1 aliphatic carbocycles. The summed E-state index contributed by atoms with van der Waals surface area (Å²) in [6, 6.07) is 2.28. The predicted molar refractivity (Wildman–Crippen MR) is 63.0 cm³/mol.